The summed E-state index contributed by atoms with van der Waals surface area (Å²) in [4.78, 5) is 28.5. The predicted molar refractivity (Wildman–Crippen MR) is 141 cm³/mol. The molecule has 0 radical (unpaired) electrons. The van der Waals surface area contributed by atoms with Gasteiger partial charge in [-0.2, -0.15) is 0 Å². The summed E-state index contributed by atoms with van der Waals surface area (Å²) < 4.78 is 18.9. The molecular formula is C28H29Cl2FN2O3. The van der Waals surface area contributed by atoms with Gasteiger partial charge in [-0.15, -0.1) is 0 Å². The highest BCUT2D eigenvalue weighted by Crippen LogP contribution is 2.24. The Balaban J connectivity index is 1.95. The van der Waals surface area contributed by atoms with Gasteiger partial charge < -0.3 is 15.0 Å². The molecule has 5 nitrogen and oxygen atoms in total. The van der Waals surface area contributed by atoms with Crippen molar-refractivity contribution in [3.05, 3.63) is 99.8 Å². The van der Waals surface area contributed by atoms with E-state index in [2.05, 4.69) is 5.32 Å². The highest BCUT2D eigenvalue weighted by Gasteiger charge is 2.32. The molecule has 3 rings (SSSR count). The molecule has 0 aliphatic rings. The highest BCUT2D eigenvalue weighted by atomic mass is 35.5. The molecule has 0 unspecified atom stereocenters. The minimum absolute atomic E-state index is 0.0661. The van der Waals surface area contributed by atoms with Crippen molar-refractivity contribution in [1.82, 2.24) is 10.2 Å². The summed E-state index contributed by atoms with van der Waals surface area (Å²) in [7, 11) is 0. The van der Waals surface area contributed by atoms with Crippen LogP contribution < -0.4 is 10.1 Å². The van der Waals surface area contributed by atoms with Crippen LogP contribution in [0.2, 0.25) is 10.0 Å². The molecule has 0 fully saturated rings. The first-order chi connectivity index (χ1) is 17.0. The minimum Gasteiger partial charge on any atom is -0.484 e. The lowest BCUT2D eigenvalue weighted by atomic mass is 10.0. The summed E-state index contributed by atoms with van der Waals surface area (Å²) in [5.74, 6) is -0.788. The minimum atomic E-state index is -0.845. The SMILES string of the molecule is CC(C)(C)NC(=O)[C@@H](Cc1ccccc1)N(Cc1ccc(Cl)cc1Cl)C(=O)COc1ccc(F)cc1. The van der Waals surface area contributed by atoms with Crippen LogP contribution in [0, 0.1) is 5.82 Å². The van der Waals surface area contributed by atoms with Crippen LogP contribution in [0.3, 0.4) is 0 Å². The zero-order chi connectivity index (χ0) is 26.3. The number of carbonyl (C=O) groups is 2. The lowest BCUT2D eigenvalue weighted by Crippen LogP contribution is -2.55. The summed E-state index contributed by atoms with van der Waals surface area (Å²) in [5, 5.41) is 3.84. The lowest BCUT2D eigenvalue weighted by molar-refractivity contribution is -0.143. The van der Waals surface area contributed by atoms with Crippen molar-refractivity contribution in [2.45, 2.75) is 45.3 Å². The molecule has 0 aliphatic heterocycles. The van der Waals surface area contributed by atoms with Gasteiger partial charge >= 0.3 is 0 Å². The van der Waals surface area contributed by atoms with Gasteiger partial charge in [0, 0.05) is 28.5 Å². The summed E-state index contributed by atoms with van der Waals surface area (Å²) in [5.41, 5.74) is 1.02. The average molecular weight is 531 g/mol. The molecule has 3 aromatic rings. The number of rotatable bonds is 9. The first-order valence-electron chi connectivity index (χ1n) is 11.5. The highest BCUT2D eigenvalue weighted by molar-refractivity contribution is 6.35. The van der Waals surface area contributed by atoms with E-state index in [0.29, 0.717) is 21.4 Å². The van der Waals surface area contributed by atoms with E-state index in [1.54, 1.807) is 18.2 Å². The first kappa shape index (κ1) is 27.5. The van der Waals surface area contributed by atoms with Gasteiger partial charge in [0.25, 0.3) is 5.91 Å². The summed E-state index contributed by atoms with van der Waals surface area (Å²) in [6.45, 7) is 5.36. The second kappa shape index (κ2) is 12.2. The van der Waals surface area contributed by atoms with E-state index in [0.717, 1.165) is 5.56 Å². The smallest absolute Gasteiger partial charge is 0.261 e. The molecule has 0 aromatic heterocycles. The number of hydrogen-bond donors (Lipinski definition) is 1. The molecule has 0 spiro atoms. The fourth-order valence-electron chi connectivity index (χ4n) is 3.60. The van der Waals surface area contributed by atoms with Crippen molar-refractivity contribution in [2.24, 2.45) is 0 Å². The quantitative estimate of drug-likeness (QED) is 0.365. The molecule has 0 saturated carbocycles. The van der Waals surface area contributed by atoms with Gasteiger partial charge in [0.1, 0.15) is 17.6 Å². The number of hydrogen-bond acceptors (Lipinski definition) is 3. The van der Waals surface area contributed by atoms with Gasteiger partial charge in [0.05, 0.1) is 0 Å². The molecule has 3 aromatic carbocycles. The van der Waals surface area contributed by atoms with E-state index in [9.17, 15) is 14.0 Å². The van der Waals surface area contributed by atoms with Crippen molar-refractivity contribution < 1.29 is 18.7 Å². The molecule has 2 amide bonds. The summed E-state index contributed by atoms with van der Waals surface area (Å²) in [6.07, 6.45) is 0.288. The van der Waals surface area contributed by atoms with Gasteiger partial charge in [-0.25, -0.2) is 4.39 Å². The molecule has 0 bridgehead atoms. The molecule has 190 valence electrons. The van der Waals surface area contributed by atoms with Crippen LogP contribution in [0.4, 0.5) is 4.39 Å². The fourth-order valence-corrected chi connectivity index (χ4v) is 4.07. The first-order valence-corrected chi connectivity index (χ1v) is 12.2. The van der Waals surface area contributed by atoms with E-state index in [4.69, 9.17) is 27.9 Å². The number of nitrogens with one attached hydrogen (secondary N) is 1. The van der Waals surface area contributed by atoms with Crippen molar-refractivity contribution in [2.75, 3.05) is 6.61 Å². The zero-order valence-corrected chi connectivity index (χ0v) is 21.9. The van der Waals surface area contributed by atoms with Gasteiger partial charge in [0.15, 0.2) is 6.61 Å². The van der Waals surface area contributed by atoms with Crippen LogP contribution in [-0.2, 0) is 22.6 Å². The monoisotopic (exact) mass is 530 g/mol. The second-order valence-electron chi connectivity index (χ2n) is 9.44. The Bertz CT molecular complexity index is 1180. The molecular weight excluding hydrogens is 502 g/mol. The number of halogens is 3. The zero-order valence-electron chi connectivity index (χ0n) is 20.4. The largest absolute Gasteiger partial charge is 0.484 e. The van der Waals surface area contributed by atoms with Crippen molar-refractivity contribution in [1.29, 1.82) is 0 Å². The third-order valence-corrected chi connectivity index (χ3v) is 5.89. The molecule has 36 heavy (non-hydrogen) atoms. The number of benzene rings is 3. The van der Waals surface area contributed by atoms with Crippen molar-refractivity contribution in [3.63, 3.8) is 0 Å². The lowest BCUT2D eigenvalue weighted by Gasteiger charge is -2.34. The Morgan fingerprint density at radius 1 is 1.00 bits per heavy atom. The number of ether oxygens (including phenoxy) is 1. The number of amides is 2. The Kier molecular flexibility index (Phi) is 9.35. The predicted octanol–water partition coefficient (Wildman–Crippen LogP) is 6.07. The van der Waals surface area contributed by atoms with Crippen LogP contribution in [0.1, 0.15) is 31.9 Å². The fraction of sp³-hybridized carbons (Fsp3) is 0.286. The Morgan fingerprint density at radius 2 is 1.67 bits per heavy atom. The summed E-state index contributed by atoms with van der Waals surface area (Å²) >= 11 is 12.5. The van der Waals surface area contributed by atoms with Gasteiger partial charge in [0.2, 0.25) is 5.91 Å². The molecule has 1 N–H and O–H groups in total. The summed E-state index contributed by atoms with van der Waals surface area (Å²) in [6, 6.07) is 19.0. The molecule has 0 saturated heterocycles. The van der Waals surface area contributed by atoms with Gasteiger partial charge in [-0.3, -0.25) is 9.59 Å². The molecule has 0 heterocycles. The molecule has 8 heteroatoms. The van der Waals surface area contributed by atoms with Crippen LogP contribution in [0.25, 0.3) is 0 Å². The molecule has 1 atom stereocenters. The maximum Gasteiger partial charge on any atom is 0.261 e. The van der Waals surface area contributed by atoms with Gasteiger partial charge in [-0.05, 0) is 68.3 Å². The second-order valence-corrected chi connectivity index (χ2v) is 10.3. The Morgan fingerprint density at radius 3 is 2.28 bits per heavy atom. The van der Waals surface area contributed by atoms with E-state index in [-0.39, 0.29) is 25.5 Å². The maximum atomic E-state index is 13.5. The van der Waals surface area contributed by atoms with Crippen LogP contribution >= 0.6 is 23.2 Å². The van der Waals surface area contributed by atoms with E-state index in [1.807, 2.05) is 51.1 Å². The topological polar surface area (TPSA) is 58.6 Å². The van der Waals surface area contributed by atoms with E-state index >= 15 is 0 Å². The standard InChI is InChI=1S/C28H29Cl2FN2O3/c1-28(2,3)32-27(35)25(15-19-7-5-4-6-8-19)33(17-20-9-10-21(29)16-24(20)30)26(34)18-36-23-13-11-22(31)12-14-23/h4-14,16,25H,15,17-18H2,1-3H3,(H,32,35)/t25-/m1/s1. The number of nitrogens with zero attached hydrogens (tertiary/aromatic N) is 1. The van der Waals surface area contributed by atoms with Crippen molar-refractivity contribution >= 4 is 35.0 Å². The van der Waals surface area contributed by atoms with Crippen molar-refractivity contribution in [3.8, 4) is 5.75 Å². The Labute approximate surface area is 221 Å². The third kappa shape index (κ3) is 8.25. The van der Waals surface area contributed by atoms with Crippen LogP contribution in [0.15, 0.2) is 72.8 Å². The Hall–Kier alpha value is -3.09. The van der Waals surface area contributed by atoms with Gasteiger partial charge in [-0.1, -0.05) is 59.6 Å². The van der Waals surface area contributed by atoms with E-state index < -0.39 is 23.3 Å². The average Bonchev–Trinajstić information content (AvgIpc) is 2.81. The third-order valence-electron chi connectivity index (χ3n) is 5.30. The van der Waals surface area contributed by atoms with E-state index in [1.165, 1.54) is 29.2 Å². The normalized spacial score (nSPS) is 12.1. The van der Waals surface area contributed by atoms with Crippen LogP contribution in [-0.4, -0.2) is 34.9 Å². The molecule has 0 aliphatic carbocycles. The number of carbonyl (C=O) groups excluding carboxylic acids is 2. The van der Waals surface area contributed by atoms with Crippen LogP contribution in [0.5, 0.6) is 5.75 Å². The maximum absolute atomic E-state index is 13.5.